The van der Waals surface area contributed by atoms with Gasteiger partial charge in [-0.3, -0.25) is 4.79 Å². The van der Waals surface area contributed by atoms with Crippen molar-refractivity contribution in [1.29, 1.82) is 0 Å². The molecule has 0 atom stereocenters. The van der Waals surface area contributed by atoms with E-state index in [1.54, 1.807) is 0 Å². The summed E-state index contributed by atoms with van der Waals surface area (Å²) in [7, 11) is 1.35. The van der Waals surface area contributed by atoms with E-state index in [-0.39, 0.29) is 16.9 Å². The zero-order valence-electron chi connectivity index (χ0n) is 7.97. The highest BCUT2D eigenvalue weighted by molar-refractivity contribution is 5.79. The molecule has 0 aliphatic heterocycles. The second-order valence-electron chi connectivity index (χ2n) is 2.99. The van der Waals surface area contributed by atoms with Gasteiger partial charge in [0.15, 0.2) is 6.29 Å². The average Bonchev–Trinajstić information content (AvgIpc) is 2.15. The van der Waals surface area contributed by atoms with Gasteiger partial charge in [-0.2, -0.15) is 13.2 Å². The van der Waals surface area contributed by atoms with Gasteiger partial charge in [0.1, 0.15) is 5.75 Å². The predicted octanol–water partition coefficient (Wildman–Crippen LogP) is 2.61. The Labute approximate surface area is 84.7 Å². The number of methoxy groups -OCH3 is 1. The lowest BCUT2D eigenvalue weighted by atomic mass is 10.1. The number of benzene rings is 1. The van der Waals surface area contributed by atoms with Crippen molar-refractivity contribution in [3.8, 4) is 5.75 Å². The maximum atomic E-state index is 12.0. The van der Waals surface area contributed by atoms with Gasteiger partial charge in [-0.15, -0.1) is 0 Å². The molecule has 0 fully saturated rings. The van der Waals surface area contributed by atoms with Crippen LogP contribution < -0.4 is 4.74 Å². The topological polar surface area (TPSA) is 26.3 Å². The van der Waals surface area contributed by atoms with E-state index in [2.05, 4.69) is 0 Å². The molecule has 0 aliphatic rings. The zero-order valence-corrected chi connectivity index (χ0v) is 7.97. The van der Waals surface area contributed by atoms with Crippen LogP contribution in [-0.2, 0) is 6.42 Å². The highest BCUT2D eigenvalue weighted by Crippen LogP contribution is 2.24. The van der Waals surface area contributed by atoms with E-state index in [4.69, 9.17) is 4.74 Å². The molecule has 0 aliphatic carbocycles. The Morgan fingerprint density at radius 2 is 2.07 bits per heavy atom. The molecule has 1 rings (SSSR count). The molecule has 82 valence electrons. The number of rotatable bonds is 3. The van der Waals surface area contributed by atoms with Crippen molar-refractivity contribution >= 4 is 6.29 Å². The Morgan fingerprint density at radius 3 is 2.53 bits per heavy atom. The lowest BCUT2D eigenvalue weighted by molar-refractivity contribution is -0.127. The number of hydrogen-bond donors (Lipinski definition) is 0. The summed E-state index contributed by atoms with van der Waals surface area (Å²) >= 11 is 0. The first-order chi connectivity index (χ1) is 6.96. The molecule has 1 aromatic rings. The van der Waals surface area contributed by atoms with E-state index in [1.807, 2.05) is 0 Å². The lowest BCUT2D eigenvalue weighted by Crippen LogP contribution is -2.11. The molecule has 0 saturated carbocycles. The van der Waals surface area contributed by atoms with Gasteiger partial charge in [0.05, 0.1) is 19.1 Å². The summed E-state index contributed by atoms with van der Waals surface area (Å²) in [5, 5.41) is 0. The Morgan fingerprint density at radius 1 is 1.40 bits per heavy atom. The molecule has 0 bridgehead atoms. The number of carbonyl (C=O) groups is 1. The van der Waals surface area contributed by atoms with E-state index in [0.29, 0.717) is 6.29 Å². The van der Waals surface area contributed by atoms with Gasteiger partial charge >= 0.3 is 6.18 Å². The largest absolute Gasteiger partial charge is 0.496 e. The lowest BCUT2D eigenvalue weighted by Gasteiger charge is -2.08. The summed E-state index contributed by atoms with van der Waals surface area (Å²) in [6.07, 6.45) is -4.84. The van der Waals surface area contributed by atoms with Crippen LogP contribution in [0.15, 0.2) is 18.2 Å². The van der Waals surface area contributed by atoms with Crippen molar-refractivity contribution in [3.05, 3.63) is 29.3 Å². The van der Waals surface area contributed by atoms with E-state index in [9.17, 15) is 18.0 Å². The van der Waals surface area contributed by atoms with Crippen LogP contribution in [-0.4, -0.2) is 19.6 Å². The van der Waals surface area contributed by atoms with Crippen LogP contribution in [0.3, 0.4) is 0 Å². The minimum Gasteiger partial charge on any atom is -0.496 e. The fourth-order valence-corrected chi connectivity index (χ4v) is 1.22. The Balaban J connectivity index is 2.98. The monoisotopic (exact) mass is 218 g/mol. The smallest absolute Gasteiger partial charge is 0.393 e. The minimum absolute atomic E-state index is 0.0467. The molecular formula is C10H9F3O2. The van der Waals surface area contributed by atoms with E-state index >= 15 is 0 Å². The highest BCUT2D eigenvalue weighted by Gasteiger charge is 2.27. The molecule has 15 heavy (non-hydrogen) atoms. The first-order valence-electron chi connectivity index (χ1n) is 4.15. The quantitative estimate of drug-likeness (QED) is 0.729. The standard InChI is InChI=1S/C10H9F3O2/c1-15-9-3-2-7(4-8(9)6-14)5-10(11,12)13/h2-4,6H,5H2,1H3. The summed E-state index contributed by atoms with van der Waals surface area (Å²) in [4.78, 5) is 10.5. The predicted molar refractivity (Wildman–Crippen MR) is 48.1 cm³/mol. The number of alkyl halides is 3. The maximum Gasteiger partial charge on any atom is 0.393 e. The van der Waals surface area contributed by atoms with Gasteiger partial charge in [0.25, 0.3) is 0 Å². The molecule has 0 aromatic heterocycles. The second kappa shape index (κ2) is 4.33. The van der Waals surface area contributed by atoms with Crippen molar-refractivity contribution < 1.29 is 22.7 Å². The fraction of sp³-hybridized carbons (Fsp3) is 0.300. The van der Waals surface area contributed by atoms with Crippen molar-refractivity contribution in [3.63, 3.8) is 0 Å². The third kappa shape index (κ3) is 3.27. The van der Waals surface area contributed by atoms with Crippen LogP contribution in [0.25, 0.3) is 0 Å². The summed E-state index contributed by atoms with van der Waals surface area (Å²) in [5.41, 5.74) is 0.171. The van der Waals surface area contributed by atoms with Crippen LogP contribution >= 0.6 is 0 Å². The van der Waals surface area contributed by atoms with Gasteiger partial charge < -0.3 is 4.74 Å². The number of ether oxygens (including phenoxy) is 1. The summed E-state index contributed by atoms with van der Waals surface area (Å²) in [5.74, 6) is 0.274. The van der Waals surface area contributed by atoms with Crippen molar-refractivity contribution in [2.45, 2.75) is 12.6 Å². The molecular weight excluding hydrogens is 209 g/mol. The molecule has 0 amide bonds. The van der Waals surface area contributed by atoms with Gasteiger partial charge in [-0.05, 0) is 17.7 Å². The normalized spacial score (nSPS) is 11.2. The molecule has 0 N–H and O–H groups in total. The Bertz CT molecular complexity index is 358. The third-order valence-electron chi connectivity index (χ3n) is 1.83. The van der Waals surface area contributed by atoms with Crippen LogP contribution in [0.1, 0.15) is 15.9 Å². The van der Waals surface area contributed by atoms with Gasteiger partial charge in [-0.1, -0.05) is 6.07 Å². The average molecular weight is 218 g/mol. The summed E-state index contributed by atoms with van der Waals surface area (Å²) in [6.45, 7) is 0. The van der Waals surface area contributed by atoms with Crippen LogP contribution in [0, 0.1) is 0 Å². The molecule has 0 radical (unpaired) electrons. The van der Waals surface area contributed by atoms with Crippen molar-refractivity contribution in [2.75, 3.05) is 7.11 Å². The maximum absolute atomic E-state index is 12.0. The SMILES string of the molecule is COc1ccc(CC(F)(F)F)cc1C=O. The van der Waals surface area contributed by atoms with Gasteiger partial charge in [0, 0.05) is 0 Å². The Kier molecular flexibility index (Phi) is 3.34. The van der Waals surface area contributed by atoms with Crippen LogP contribution in [0.2, 0.25) is 0 Å². The number of carbonyl (C=O) groups excluding carboxylic acids is 1. The zero-order chi connectivity index (χ0) is 11.5. The minimum atomic E-state index is -4.27. The fourth-order valence-electron chi connectivity index (χ4n) is 1.22. The molecule has 5 heteroatoms. The first-order valence-corrected chi connectivity index (χ1v) is 4.15. The second-order valence-corrected chi connectivity index (χ2v) is 2.99. The van der Waals surface area contributed by atoms with Crippen LogP contribution in [0.5, 0.6) is 5.75 Å². The van der Waals surface area contributed by atoms with E-state index in [1.165, 1.54) is 25.3 Å². The van der Waals surface area contributed by atoms with Gasteiger partial charge in [-0.25, -0.2) is 0 Å². The molecule has 1 aromatic carbocycles. The van der Waals surface area contributed by atoms with Crippen molar-refractivity contribution in [2.24, 2.45) is 0 Å². The highest BCUT2D eigenvalue weighted by atomic mass is 19.4. The molecule has 0 heterocycles. The summed E-state index contributed by atoms with van der Waals surface area (Å²) in [6, 6.07) is 3.82. The summed E-state index contributed by atoms with van der Waals surface area (Å²) < 4.78 is 40.9. The van der Waals surface area contributed by atoms with E-state index in [0.717, 1.165) is 0 Å². The molecule has 0 saturated heterocycles. The van der Waals surface area contributed by atoms with Crippen molar-refractivity contribution in [1.82, 2.24) is 0 Å². The van der Waals surface area contributed by atoms with E-state index < -0.39 is 12.6 Å². The molecule has 0 unspecified atom stereocenters. The number of halogens is 3. The number of aldehydes is 1. The third-order valence-corrected chi connectivity index (χ3v) is 1.83. The molecule has 0 spiro atoms. The molecule has 2 nitrogen and oxygen atoms in total. The first kappa shape index (κ1) is 11.6. The van der Waals surface area contributed by atoms with Crippen LogP contribution in [0.4, 0.5) is 13.2 Å². The van der Waals surface area contributed by atoms with Gasteiger partial charge in [0.2, 0.25) is 0 Å². The number of hydrogen-bond acceptors (Lipinski definition) is 2. The Hall–Kier alpha value is -1.52.